The van der Waals surface area contributed by atoms with Crippen molar-refractivity contribution in [2.75, 3.05) is 11.9 Å². The molecule has 1 rings (SSSR count). The Bertz CT molecular complexity index is 306. The molecular formula is C10H15NO2S. The SMILES string of the molecule is CN(c1cccs1)C(C)(C)CC(=O)O. The van der Waals surface area contributed by atoms with Gasteiger partial charge in [0.25, 0.3) is 0 Å². The van der Waals surface area contributed by atoms with Crippen molar-refractivity contribution in [2.24, 2.45) is 0 Å². The topological polar surface area (TPSA) is 40.5 Å². The average molecular weight is 213 g/mol. The molecule has 0 bridgehead atoms. The first-order valence-electron chi connectivity index (χ1n) is 4.42. The first kappa shape index (κ1) is 11.0. The van der Waals surface area contributed by atoms with Crippen LogP contribution in [-0.2, 0) is 4.79 Å². The lowest BCUT2D eigenvalue weighted by molar-refractivity contribution is -0.138. The highest BCUT2D eigenvalue weighted by molar-refractivity contribution is 7.14. The number of nitrogens with zero attached hydrogens (tertiary/aromatic N) is 1. The fraction of sp³-hybridized carbons (Fsp3) is 0.500. The number of hydrogen-bond donors (Lipinski definition) is 1. The van der Waals surface area contributed by atoms with E-state index in [1.54, 1.807) is 11.3 Å². The van der Waals surface area contributed by atoms with Gasteiger partial charge in [0.05, 0.1) is 11.4 Å². The summed E-state index contributed by atoms with van der Waals surface area (Å²) in [5.74, 6) is -0.765. The molecule has 0 saturated carbocycles. The number of thiophene rings is 1. The first-order chi connectivity index (χ1) is 6.43. The van der Waals surface area contributed by atoms with Gasteiger partial charge in [0, 0.05) is 12.6 Å². The Balaban J connectivity index is 2.77. The zero-order chi connectivity index (χ0) is 10.8. The van der Waals surface area contributed by atoms with Crippen molar-refractivity contribution < 1.29 is 9.90 Å². The van der Waals surface area contributed by atoms with Crippen molar-refractivity contribution in [3.63, 3.8) is 0 Å². The van der Waals surface area contributed by atoms with Gasteiger partial charge in [0.15, 0.2) is 0 Å². The molecule has 0 fully saturated rings. The average Bonchev–Trinajstić information content (AvgIpc) is 2.51. The zero-order valence-corrected chi connectivity index (χ0v) is 9.47. The van der Waals surface area contributed by atoms with E-state index in [0.29, 0.717) is 0 Å². The Morgan fingerprint density at radius 2 is 2.29 bits per heavy atom. The van der Waals surface area contributed by atoms with Gasteiger partial charge >= 0.3 is 5.97 Å². The van der Waals surface area contributed by atoms with E-state index in [2.05, 4.69) is 0 Å². The van der Waals surface area contributed by atoms with Crippen molar-refractivity contribution in [3.8, 4) is 0 Å². The molecule has 0 aliphatic heterocycles. The molecule has 3 nitrogen and oxygen atoms in total. The van der Waals surface area contributed by atoms with E-state index < -0.39 is 5.97 Å². The monoisotopic (exact) mass is 213 g/mol. The van der Waals surface area contributed by atoms with Crippen molar-refractivity contribution in [3.05, 3.63) is 17.5 Å². The quantitative estimate of drug-likeness (QED) is 0.835. The fourth-order valence-corrected chi connectivity index (χ4v) is 2.11. The summed E-state index contributed by atoms with van der Waals surface area (Å²) in [7, 11) is 1.93. The summed E-state index contributed by atoms with van der Waals surface area (Å²) in [6, 6.07) is 3.96. The van der Waals surface area contributed by atoms with Gasteiger partial charge in [-0.1, -0.05) is 0 Å². The van der Waals surface area contributed by atoms with Crippen LogP contribution in [0.25, 0.3) is 0 Å². The van der Waals surface area contributed by atoms with Gasteiger partial charge in [0.2, 0.25) is 0 Å². The van der Waals surface area contributed by atoms with Crippen LogP contribution in [0.1, 0.15) is 20.3 Å². The third kappa shape index (κ3) is 2.48. The molecule has 0 amide bonds. The van der Waals surface area contributed by atoms with Crippen LogP contribution in [-0.4, -0.2) is 23.7 Å². The highest BCUT2D eigenvalue weighted by atomic mass is 32.1. The molecule has 1 aromatic rings. The van der Waals surface area contributed by atoms with Gasteiger partial charge in [0.1, 0.15) is 0 Å². The first-order valence-corrected chi connectivity index (χ1v) is 5.30. The number of aliphatic carboxylic acids is 1. The maximum atomic E-state index is 10.7. The van der Waals surface area contributed by atoms with E-state index >= 15 is 0 Å². The summed E-state index contributed by atoms with van der Waals surface area (Å²) in [6.07, 6.45) is 0.140. The van der Waals surface area contributed by atoms with Crippen LogP contribution < -0.4 is 4.90 Å². The Morgan fingerprint density at radius 3 is 2.71 bits per heavy atom. The van der Waals surface area contributed by atoms with Crippen LogP contribution in [0, 0.1) is 0 Å². The van der Waals surface area contributed by atoms with E-state index in [1.807, 2.05) is 43.3 Å². The smallest absolute Gasteiger partial charge is 0.305 e. The van der Waals surface area contributed by atoms with Crippen LogP contribution in [0.2, 0.25) is 0 Å². The van der Waals surface area contributed by atoms with E-state index in [-0.39, 0.29) is 12.0 Å². The highest BCUT2D eigenvalue weighted by Crippen LogP contribution is 2.28. The molecule has 0 unspecified atom stereocenters. The minimum absolute atomic E-state index is 0.140. The van der Waals surface area contributed by atoms with Crippen LogP contribution >= 0.6 is 11.3 Å². The molecule has 1 N–H and O–H groups in total. The molecule has 14 heavy (non-hydrogen) atoms. The van der Waals surface area contributed by atoms with Crippen molar-refractivity contribution in [2.45, 2.75) is 25.8 Å². The Morgan fingerprint density at radius 1 is 1.64 bits per heavy atom. The summed E-state index contributed by atoms with van der Waals surface area (Å²) >= 11 is 1.62. The van der Waals surface area contributed by atoms with E-state index in [0.717, 1.165) is 5.00 Å². The van der Waals surface area contributed by atoms with E-state index in [9.17, 15) is 4.79 Å². The lowest BCUT2D eigenvalue weighted by atomic mass is 9.99. The number of anilines is 1. The minimum atomic E-state index is -0.765. The van der Waals surface area contributed by atoms with Crippen LogP contribution in [0.5, 0.6) is 0 Å². The standard InChI is InChI=1S/C10H15NO2S/c1-10(2,7-9(12)13)11(3)8-5-4-6-14-8/h4-6H,7H2,1-3H3,(H,12,13). The minimum Gasteiger partial charge on any atom is -0.481 e. The Hall–Kier alpha value is -1.03. The normalized spacial score (nSPS) is 11.4. The van der Waals surface area contributed by atoms with Crippen LogP contribution in [0.3, 0.4) is 0 Å². The molecule has 1 heterocycles. The molecule has 0 radical (unpaired) electrons. The van der Waals surface area contributed by atoms with Gasteiger partial charge in [-0.3, -0.25) is 4.79 Å². The zero-order valence-electron chi connectivity index (χ0n) is 8.65. The second-order valence-electron chi connectivity index (χ2n) is 3.89. The van der Waals surface area contributed by atoms with Crippen LogP contribution in [0.4, 0.5) is 5.00 Å². The molecule has 4 heteroatoms. The van der Waals surface area contributed by atoms with Crippen molar-refractivity contribution >= 4 is 22.3 Å². The molecule has 78 valence electrons. The predicted molar refractivity (Wildman–Crippen MR) is 59.1 cm³/mol. The molecule has 0 aliphatic rings. The van der Waals surface area contributed by atoms with Gasteiger partial charge in [-0.2, -0.15) is 0 Å². The van der Waals surface area contributed by atoms with E-state index in [1.165, 1.54) is 0 Å². The third-order valence-electron chi connectivity index (χ3n) is 2.33. The second-order valence-corrected chi connectivity index (χ2v) is 4.82. The summed E-state index contributed by atoms with van der Waals surface area (Å²) in [6.45, 7) is 3.86. The molecule has 1 aromatic heterocycles. The predicted octanol–water partition coefficient (Wildman–Crippen LogP) is 2.44. The maximum absolute atomic E-state index is 10.7. The number of carbonyl (C=O) groups is 1. The Kier molecular flexibility index (Phi) is 3.16. The van der Waals surface area contributed by atoms with Crippen molar-refractivity contribution in [1.29, 1.82) is 0 Å². The maximum Gasteiger partial charge on any atom is 0.305 e. The largest absolute Gasteiger partial charge is 0.481 e. The summed E-state index contributed by atoms with van der Waals surface area (Å²) in [5, 5.41) is 11.9. The number of rotatable bonds is 4. The van der Waals surface area contributed by atoms with Crippen molar-refractivity contribution in [1.82, 2.24) is 0 Å². The fourth-order valence-electron chi connectivity index (χ4n) is 1.25. The molecule has 0 aliphatic carbocycles. The lowest BCUT2D eigenvalue weighted by Gasteiger charge is -2.35. The van der Waals surface area contributed by atoms with E-state index in [4.69, 9.17) is 5.11 Å². The summed E-state index contributed by atoms with van der Waals surface area (Å²) in [4.78, 5) is 12.7. The number of carboxylic acids is 1. The van der Waals surface area contributed by atoms with Crippen LogP contribution in [0.15, 0.2) is 17.5 Å². The van der Waals surface area contributed by atoms with Gasteiger partial charge in [-0.15, -0.1) is 11.3 Å². The summed E-state index contributed by atoms with van der Waals surface area (Å²) in [5.41, 5.74) is -0.351. The molecular weight excluding hydrogens is 198 g/mol. The molecule has 0 aromatic carbocycles. The molecule has 0 atom stereocenters. The van der Waals surface area contributed by atoms with Gasteiger partial charge in [-0.25, -0.2) is 0 Å². The lowest BCUT2D eigenvalue weighted by Crippen LogP contribution is -2.42. The Labute approximate surface area is 88.0 Å². The summed E-state index contributed by atoms with van der Waals surface area (Å²) < 4.78 is 0. The molecule has 0 saturated heterocycles. The number of carboxylic acid groups (broad SMARTS) is 1. The second kappa shape index (κ2) is 4.00. The third-order valence-corrected chi connectivity index (χ3v) is 3.27. The molecule has 0 spiro atoms. The van der Waals surface area contributed by atoms with Gasteiger partial charge < -0.3 is 10.0 Å². The highest BCUT2D eigenvalue weighted by Gasteiger charge is 2.27. The number of hydrogen-bond acceptors (Lipinski definition) is 3. The van der Waals surface area contributed by atoms with Gasteiger partial charge in [-0.05, 0) is 31.4 Å².